The maximum absolute atomic E-state index is 4.81. The summed E-state index contributed by atoms with van der Waals surface area (Å²) in [7, 11) is 0. The molecule has 2 aromatic carbocycles. The third-order valence-electron chi connectivity index (χ3n) is 6.25. The predicted molar refractivity (Wildman–Crippen MR) is 119 cm³/mol. The second-order valence-electron chi connectivity index (χ2n) is 8.34. The lowest BCUT2D eigenvalue weighted by molar-refractivity contribution is 0.244. The Morgan fingerprint density at radius 3 is 2.61 bits per heavy atom. The van der Waals surface area contributed by atoms with Gasteiger partial charge in [-0.2, -0.15) is 0 Å². The van der Waals surface area contributed by atoms with Crippen LogP contribution in [0.3, 0.4) is 0 Å². The van der Waals surface area contributed by atoms with E-state index in [1.807, 2.05) is 0 Å². The van der Waals surface area contributed by atoms with Gasteiger partial charge >= 0.3 is 0 Å². The van der Waals surface area contributed by atoms with Gasteiger partial charge in [0.15, 0.2) is 0 Å². The van der Waals surface area contributed by atoms with E-state index in [0.717, 1.165) is 37.3 Å². The number of likely N-dealkylation sites (tertiary alicyclic amines) is 1. The van der Waals surface area contributed by atoms with Gasteiger partial charge in [-0.25, -0.2) is 4.98 Å². The van der Waals surface area contributed by atoms with Crippen molar-refractivity contribution in [2.75, 3.05) is 13.1 Å². The zero-order chi connectivity index (χ0) is 19.3. The van der Waals surface area contributed by atoms with E-state index in [-0.39, 0.29) is 0 Å². The summed E-state index contributed by atoms with van der Waals surface area (Å²) < 4.78 is 3.66. The van der Waals surface area contributed by atoms with Crippen molar-refractivity contribution < 1.29 is 0 Å². The van der Waals surface area contributed by atoms with Crippen LogP contribution in [0, 0.1) is 13.8 Å². The summed E-state index contributed by atoms with van der Waals surface area (Å²) in [5.41, 5.74) is 8.22. The van der Waals surface area contributed by atoms with E-state index in [9.17, 15) is 0 Å². The summed E-state index contributed by atoms with van der Waals surface area (Å²) in [6.45, 7) is 6.54. The smallest absolute Gasteiger partial charge is 0.106 e. The number of hydrogen-bond donors (Lipinski definition) is 0. The molecule has 1 fully saturated rings. The number of aryl methyl sites for hydroxylation is 2. The number of benzene rings is 2. The molecular formula is C24H26BrN3. The summed E-state index contributed by atoms with van der Waals surface area (Å²) in [4.78, 5) is 7.35. The minimum Gasteiger partial charge on any atom is -0.377 e. The molecule has 1 aliphatic heterocycles. The Kier molecular flexibility index (Phi) is 4.54. The van der Waals surface area contributed by atoms with E-state index in [1.54, 1.807) is 5.57 Å². The lowest BCUT2D eigenvalue weighted by atomic mass is 10.0. The summed E-state index contributed by atoms with van der Waals surface area (Å²) in [5, 5.41) is 0. The Balaban J connectivity index is 1.29. The first-order valence-corrected chi connectivity index (χ1v) is 11.0. The fourth-order valence-corrected chi connectivity index (χ4v) is 5.30. The maximum atomic E-state index is 4.81. The quantitative estimate of drug-likeness (QED) is 0.511. The molecule has 1 aliphatic carbocycles. The first kappa shape index (κ1) is 18.0. The van der Waals surface area contributed by atoms with Crippen molar-refractivity contribution in [3.8, 4) is 0 Å². The number of piperidine rings is 1. The monoisotopic (exact) mass is 435 g/mol. The highest BCUT2D eigenvalue weighted by Gasteiger charge is 2.23. The third-order valence-corrected chi connectivity index (χ3v) is 6.75. The number of fused-ring (bicyclic) bond motifs is 2. The van der Waals surface area contributed by atoms with E-state index in [0.29, 0.717) is 6.04 Å². The van der Waals surface area contributed by atoms with Gasteiger partial charge in [-0.05, 0) is 92.3 Å². The molecule has 0 amide bonds. The van der Waals surface area contributed by atoms with Crippen LogP contribution in [0.25, 0.3) is 11.0 Å². The third kappa shape index (κ3) is 3.28. The number of hydrogen-bond acceptors (Lipinski definition) is 2. The lowest BCUT2D eigenvalue weighted by Crippen LogP contribution is -2.31. The first-order valence-electron chi connectivity index (χ1n) is 10.2. The number of nitrogens with zero attached hydrogens (tertiary/aromatic N) is 3. The van der Waals surface area contributed by atoms with Crippen LogP contribution in [0.15, 0.2) is 52.6 Å². The lowest BCUT2D eigenvalue weighted by Gasteiger charge is -2.33. The molecule has 3 nitrogen and oxygen atoms in total. The van der Waals surface area contributed by atoms with Crippen molar-refractivity contribution in [1.82, 2.24) is 14.5 Å². The van der Waals surface area contributed by atoms with E-state index >= 15 is 0 Å². The SMILES string of the molecule is Cc1ccc2c(c1)nc(C)n2C1CCN(/C=C2/Cc3ccc(Br)cc3C2)CC1. The van der Waals surface area contributed by atoms with E-state index < -0.39 is 0 Å². The fourth-order valence-electron chi connectivity index (χ4n) is 4.90. The van der Waals surface area contributed by atoms with Crippen LogP contribution in [0.1, 0.15) is 41.4 Å². The number of rotatable bonds is 2. The summed E-state index contributed by atoms with van der Waals surface area (Å²) in [6.07, 6.45) is 7.00. The topological polar surface area (TPSA) is 21.1 Å². The van der Waals surface area contributed by atoms with Crippen molar-refractivity contribution in [1.29, 1.82) is 0 Å². The van der Waals surface area contributed by atoms with Gasteiger partial charge in [-0.3, -0.25) is 0 Å². The maximum Gasteiger partial charge on any atom is 0.106 e. The van der Waals surface area contributed by atoms with Gasteiger partial charge in [0.2, 0.25) is 0 Å². The largest absolute Gasteiger partial charge is 0.377 e. The van der Waals surface area contributed by atoms with Crippen molar-refractivity contribution in [2.24, 2.45) is 0 Å². The van der Waals surface area contributed by atoms with Crippen molar-refractivity contribution in [2.45, 2.75) is 45.6 Å². The average Bonchev–Trinajstić information content (AvgIpc) is 3.21. The Morgan fingerprint density at radius 1 is 1.00 bits per heavy atom. The van der Waals surface area contributed by atoms with Crippen LogP contribution in [0.5, 0.6) is 0 Å². The molecule has 0 atom stereocenters. The van der Waals surface area contributed by atoms with Crippen molar-refractivity contribution in [3.05, 3.63) is 75.2 Å². The minimum absolute atomic E-state index is 0.555. The second kappa shape index (κ2) is 7.07. The molecule has 0 bridgehead atoms. The summed E-state index contributed by atoms with van der Waals surface area (Å²) >= 11 is 3.60. The zero-order valence-corrected chi connectivity index (χ0v) is 18.2. The Bertz CT molecular complexity index is 1070. The molecule has 3 aromatic rings. The highest BCUT2D eigenvalue weighted by atomic mass is 79.9. The van der Waals surface area contributed by atoms with Gasteiger partial charge in [-0.1, -0.05) is 28.1 Å². The molecule has 0 radical (unpaired) electrons. The normalized spacial score (nSPS) is 19.0. The number of halogens is 1. The summed E-state index contributed by atoms with van der Waals surface area (Å²) in [6, 6.07) is 13.9. The second-order valence-corrected chi connectivity index (χ2v) is 9.26. The van der Waals surface area contributed by atoms with Crippen molar-refractivity contribution in [3.63, 3.8) is 0 Å². The number of allylic oxidation sites excluding steroid dienone is 1. The minimum atomic E-state index is 0.555. The van der Waals surface area contributed by atoms with Gasteiger partial charge in [0.05, 0.1) is 11.0 Å². The Labute approximate surface area is 175 Å². The van der Waals surface area contributed by atoms with Crippen molar-refractivity contribution >= 4 is 27.0 Å². The molecule has 1 aromatic heterocycles. The molecule has 2 aliphatic rings. The molecule has 0 saturated carbocycles. The van der Waals surface area contributed by atoms with Gasteiger partial charge in [0, 0.05) is 23.6 Å². The molecule has 4 heteroatoms. The number of imidazole rings is 1. The predicted octanol–water partition coefficient (Wildman–Crippen LogP) is 5.74. The van der Waals surface area contributed by atoms with Crippen LogP contribution in [-0.2, 0) is 12.8 Å². The number of aromatic nitrogens is 2. The van der Waals surface area contributed by atoms with Crippen LogP contribution in [0.4, 0.5) is 0 Å². The Hall–Kier alpha value is -2.07. The van der Waals surface area contributed by atoms with Crippen LogP contribution >= 0.6 is 15.9 Å². The standard InChI is InChI=1S/C24H26BrN3/c1-16-3-6-24-23(11-16)26-17(2)28(24)22-7-9-27(10-8-22)15-18-12-19-4-5-21(25)14-20(19)13-18/h3-6,11,14-15,22H,7-10,12-13H2,1-2H3/b18-15-. The van der Waals surface area contributed by atoms with Gasteiger partial charge in [0.25, 0.3) is 0 Å². The molecule has 0 spiro atoms. The highest BCUT2D eigenvalue weighted by molar-refractivity contribution is 9.10. The molecule has 28 heavy (non-hydrogen) atoms. The Morgan fingerprint density at radius 2 is 1.79 bits per heavy atom. The van der Waals surface area contributed by atoms with Gasteiger partial charge in [0.1, 0.15) is 5.82 Å². The molecule has 0 N–H and O–H groups in total. The van der Waals surface area contributed by atoms with E-state index in [1.165, 1.54) is 39.5 Å². The van der Waals surface area contributed by atoms with Gasteiger partial charge in [-0.15, -0.1) is 0 Å². The fraction of sp³-hybridized carbons (Fsp3) is 0.375. The zero-order valence-electron chi connectivity index (χ0n) is 16.6. The molecule has 2 heterocycles. The van der Waals surface area contributed by atoms with Gasteiger partial charge < -0.3 is 9.47 Å². The molecule has 5 rings (SSSR count). The molecule has 1 saturated heterocycles. The van der Waals surface area contributed by atoms with Crippen LogP contribution in [0.2, 0.25) is 0 Å². The average molecular weight is 436 g/mol. The highest BCUT2D eigenvalue weighted by Crippen LogP contribution is 2.32. The van der Waals surface area contributed by atoms with Crippen LogP contribution < -0.4 is 0 Å². The molecular weight excluding hydrogens is 410 g/mol. The van der Waals surface area contributed by atoms with Crippen LogP contribution in [-0.4, -0.2) is 27.5 Å². The first-order chi connectivity index (χ1) is 13.6. The summed E-state index contributed by atoms with van der Waals surface area (Å²) in [5.74, 6) is 1.15. The molecule has 0 unspecified atom stereocenters. The molecule has 144 valence electrons. The van der Waals surface area contributed by atoms with E-state index in [4.69, 9.17) is 4.98 Å². The van der Waals surface area contributed by atoms with E-state index in [2.05, 4.69) is 81.8 Å².